The van der Waals surface area contributed by atoms with Crippen molar-refractivity contribution in [1.29, 1.82) is 5.26 Å². The van der Waals surface area contributed by atoms with Crippen LogP contribution in [-0.2, 0) is 4.79 Å². The summed E-state index contributed by atoms with van der Waals surface area (Å²) >= 11 is 3.45. The minimum absolute atomic E-state index is 0.0567. The van der Waals surface area contributed by atoms with Gasteiger partial charge in [0.15, 0.2) is 17.3 Å². The lowest BCUT2D eigenvalue weighted by Gasteiger charge is -2.39. The number of hydrogen-bond acceptors (Lipinski definition) is 6. The quantitative estimate of drug-likeness (QED) is 0.705. The van der Waals surface area contributed by atoms with E-state index in [2.05, 4.69) is 22.0 Å². The number of anilines is 1. The van der Waals surface area contributed by atoms with Gasteiger partial charge in [-0.25, -0.2) is 0 Å². The molecule has 6 nitrogen and oxygen atoms in total. The molecule has 1 aliphatic carbocycles. The molecule has 30 heavy (non-hydrogen) atoms. The van der Waals surface area contributed by atoms with E-state index in [1.807, 2.05) is 47.4 Å². The molecule has 2 heterocycles. The van der Waals surface area contributed by atoms with Gasteiger partial charge in [-0.2, -0.15) is 5.26 Å². The number of Topliss-reactive ketones (excluding diaryl/α,β-unsaturated/α-hetero) is 1. The van der Waals surface area contributed by atoms with Crippen LogP contribution in [0.1, 0.15) is 30.7 Å². The predicted octanol–water partition coefficient (Wildman–Crippen LogP) is 4.48. The molecule has 2 N–H and O–H groups in total. The SMILES string of the molecule is N#CC1=C(N)N(c2ccc(Br)cc2)C2=C(C(=O)CCC2)[C@H]1c1ccc2c(c1)OCO2. The summed E-state index contributed by atoms with van der Waals surface area (Å²) in [6, 6.07) is 15.5. The second-order valence-electron chi connectivity index (χ2n) is 7.41. The number of hydrogen-bond donors (Lipinski definition) is 1. The topological polar surface area (TPSA) is 88.6 Å². The maximum atomic E-state index is 13.1. The number of fused-ring (bicyclic) bond motifs is 1. The minimum atomic E-state index is -0.515. The highest BCUT2D eigenvalue weighted by molar-refractivity contribution is 9.10. The Hall–Kier alpha value is -3.24. The molecule has 7 heteroatoms. The Morgan fingerprint density at radius 3 is 2.63 bits per heavy atom. The Morgan fingerprint density at radius 2 is 1.87 bits per heavy atom. The summed E-state index contributed by atoms with van der Waals surface area (Å²) in [5.74, 6) is 1.17. The molecule has 2 aromatic rings. The molecular weight excluding hydrogens is 446 g/mol. The first-order chi connectivity index (χ1) is 14.6. The van der Waals surface area contributed by atoms with Gasteiger partial charge in [-0.05, 0) is 54.8 Å². The number of allylic oxidation sites excluding steroid dienone is 3. The summed E-state index contributed by atoms with van der Waals surface area (Å²) in [6.45, 7) is 0.163. The summed E-state index contributed by atoms with van der Waals surface area (Å²) in [5.41, 5.74) is 10.1. The van der Waals surface area contributed by atoms with Crippen molar-refractivity contribution in [2.45, 2.75) is 25.2 Å². The predicted molar refractivity (Wildman–Crippen MR) is 115 cm³/mol. The largest absolute Gasteiger partial charge is 0.454 e. The molecule has 0 aromatic heterocycles. The third-order valence-electron chi connectivity index (χ3n) is 5.73. The number of ether oxygens (including phenoxy) is 2. The third-order valence-corrected chi connectivity index (χ3v) is 6.26. The van der Waals surface area contributed by atoms with Crippen LogP contribution in [0.3, 0.4) is 0 Å². The molecule has 5 rings (SSSR count). The van der Waals surface area contributed by atoms with Crippen molar-refractivity contribution in [3.8, 4) is 17.6 Å². The Morgan fingerprint density at radius 1 is 1.10 bits per heavy atom. The van der Waals surface area contributed by atoms with Crippen molar-refractivity contribution in [3.05, 3.63) is 75.2 Å². The molecule has 2 aromatic carbocycles. The van der Waals surface area contributed by atoms with Gasteiger partial charge >= 0.3 is 0 Å². The van der Waals surface area contributed by atoms with Gasteiger partial charge in [-0.1, -0.05) is 22.0 Å². The number of carbonyl (C=O) groups is 1. The normalized spacial score (nSPS) is 20.3. The first-order valence-corrected chi connectivity index (χ1v) is 10.5. The van der Waals surface area contributed by atoms with Crippen LogP contribution >= 0.6 is 15.9 Å². The summed E-state index contributed by atoms with van der Waals surface area (Å²) in [5, 5.41) is 10.1. The molecule has 0 saturated heterocycles. The van der Waals surface area contributed by atoms with Crippen LogP contribution in [0.4, 0.5) is 5.69 Å². The molecule has 0 amide bonds. The zero-order valence-corrected chi connectivity index (χ0v) is 17.6. The smallest absolute Gasteiger partial charge is 0.231 e. The fourth-order valence-corrected chi connectivity index (χ4v) is 4.66. The van der Waals surface area contributed by atoms with Crippen molar-refractivity contribution in [1.82, 2.24) is 0 Å². The van der Waals surface area contributed by atoms with Gasteiger partial charge in [-0.15, -0.1) is 0 Å². The van der Waals surface area contributed by atoms with Crippen molar-refractivity contribution in [3.63, 3.8) is 0 Å². The van der Waals surface area contributed by atoms with Gasteiger partial charge in [0.2, 0.25) is 6.79 Å². The number of ketones is 1. The monoisotopic (exact) mass is 463 g/mol. The van der Waals surface area contributed by atoms with Gasteiger partial charge in [0.05, 0.1) is 17.6 Å². The van der Waals surface area contributed by atoms with E-state index in [4.69, 9.17) is 15.2 Å². The van der Waals surface area contributed by atoms with Crippen molar-refractivity contribution >= 4 is 27.4 Å². The average molecular weight is 464 g/mol. The Kier molecular flexibility index (Phi) is 4.52. The number of nitrogens with two attached hydrogens (primary N) is 1. The molecule has 0 radical (unpaired) electrons. The lowest BCUT2D eigenvalue weighted by molar-refractivity contribution is -0.116. The van der Waals surface area contributed by atoms with Gasteiger partial charge in [-0.3, -0.25) is 9.69 Å². The Labute approximate surface area is 182 Å². The Bertz CT molecular complexity index is 1160. The van der Waals surface area contributed by atoms with E-state index in [0.29, 0.717) is 34.9 Å². The van der Waals surface area contributed by atoms with E-state index in [9.17, 15) is 10.1 Å². The van der Waals surface area contributed by atoms with Crippen molar-refractivity contribution in [2.75, 3.05) is 11.7 Å². The first kappa shape index (κ1) is 18.8. The number of rotatable bonds is 2. The average Bonchev–Trinajstić information content (AvgIpc) is 3.22. The Balaban J connectivity index is 1.72. The second kappa shape index (κ2) is 7.22. The van der Waals surface area contributed by atoms with Crippen LogP contribution in [0.15, 0.2) is 69.6 Å². The highest BCUT2D eigenvalue weighted by Gasteiger charge is 2.40. The third kappa shape index (κ3) is 2.87. The van der Waals surface area contributed by atoms with E-state index in [1.165, 1.54) is 0 Å². The molecule has 3 aliphatic rings. The van der Waals surface area contributed by atoms with Crippen molar-refractivity contribution < 1.29 is 14.3 Å². The fourth-order valence-electron chi connectivity index (χ4n) is 4.40. The van der Waals surface area contributed by atoms with Crippen LogP contribution in [-0.4, -0.2) is 12.6 Å². The number of nitriles is 1. The van der Waals surface area contributed by atoms with Crippen LogP contribution in [0.25, 0.3) is 0 Å². The molecule has 2 aliphatic heterocycles. The van der Waals surface area contributed by atoms with Crippen LogP contribution < -0.4 is 20.1 Å². The van der Waals surface area contributed by atoms with Crippen LogP contribution in [0.5, 0.6) is 11.5 Å². The number of nitrogens with zero attached hydrogens (tertiary/aromatic N) is 2. The lowest BCUT2D eigenvalue weighted by atomic mass is 9.75. The molecule has 0 bridgehead atoms. The summed E-state index contributed by atoms with van der Waals surface area (Å²) < 4.78 is 11.9. The van der Waals surface area contributed by atoms with E-state index in [-0.39, 0.29) is 12.6 Å². The van der Waals surface area contributed by atoms with Gasteiger partial charge < -0.3 is 15.2 Å². The lowest BCUT2D eigenvalue weighted by Crippen LogP contribution is -2.38. The summed E-state index contributed by atoms with van der Waals surface area (Å²) in [7, 11) is 0. The highest BCUT2D eigenvalue weighted by Crippen LogP contribution is 2.47. The molecule has 0 unspecified atom stereocenters. The fraction of sp³-hybridized carbons (Fsp3) is 0.217. The van der Waals surface area contributed by atoms with E-state index >= 15 is 0 Å². The minimum Gasteiger partial charge on any atom is -0.454 e. The number of halogens is 1. The van der Waals surface area contributed by atoms with E-state index in [1.54, 1.807) is 0 Å². The van der Waals surface area contributed by atoms with Gasteiger partial charge in [0.25, 0.3) is 0 Å². The molecule has 150 valence electrons. The summed E-state index contributed by atoms with van der Waals surface area (Å²) in [4.78, 5) is 15.0. The van der Waals surface area contributed by atoms with Gasteiger partial charge in [0, 0.05) is 27.9 Å². The highest BCUT2D eigenvalue weighted by atomic mass is 79.9. The molecule has 0 spiro atoms. The first-order valence-electron chi connectivity index (χ1n) is 9.69. The number of benzene rings is 2. The standard InChI is InChI=1S/C23H18BrN3O3/c24-14-5-7-15(8-6-14)27-17-2-1-3-18(28)22(17)21(16(11-25)23(27)26)13-4-9-19-20(10-13)30-12-29-19/h4-10,21H,1-3,12,26H2/t21-/m0/s1. The molecule has 1 atom stereocenters. The van der Waals surface area contributed by atoms with Crippen LogP contribution in [0, 0.1) is 11.3 Å². The molecule has 0 saturated carbocycles. The van der Waals surface area contributed by atoms with Crippen molar-refractivity contribution in [2.24, 2.45) is 5.73 Å². The number of carbonyl (C=O) groups excluding carboxylic acids is 1. The maximum absolute atomic E-state index is 13.1. The zero-order chi connectivity index (χ0) is 20.8. The molecular formula is C23H18BrN3O3. The maximum Gasteiger partial charge on any atom is 0.231 e. The van der Waals surface area contributed by atoms with Crippen LogP contribution in [0.2, 0.25) is 0 Å². The summed E-state index contributed by atoms with van der Waals surface area (Å²) in [6.07, 6.45) is 1.94. The van der Waals surface area contributed by atoms with E-state index in [0.717, 1.165) is 34.3 Å². The van der Waals surface area contributed by atoms with E-state index < -0.39 is 5.92 Å². The zero-order valence-electron chi connectivity index (χ0n) is 16.0. The molecule has 0 fully saturated rings. The van der Waals surface area contributed by atoms with Gasteiger partial charge in [0.1, 0.15) is 5.82 Å². The second-order valence-corrected chi connectivity index (χ2v) is 8.32.